The first kappa shape index (κ1) is 24.5. The minimum atomic E-state index is -0.601. The lowest BCUT2D eigenvalue weighted by Crippen LogP contribution is -2.28. The van der Waals surface area contributed by atoms with E-state index in [1.165, 1.54) is 37.5 Å². The summed E-state index contributed by atoms with van der Waals surface area (Å²) in [6.45, 7) is 1.63. The summed E-state index contributed by atoms with van der Waals surface area (Å²) in [5.41, 5.74) is 1.95. The van der Waals surface area contributed by atoms with Gasteiger partial charge in [0, 0.05) is 10.6 Å². The van der Waals surface area contributed by atoms with Crippen LogP contribution in [-0.4, -0.2) is 29.1 Å². The third-order valence-electron chi connectivity index (χ3n) is 5.23. The van der Waals surface area contributed by atoms with E-state index in [1.54, 1.807) is 36.4 Å². The Hall–Kier alpha value is -3.62. The van der Waals surface area contributed by atoms with Crippen LogP contribution in [0.25, 0.3) is 6.08 Å². The fraction of sp³-hybridized carbons (Fsp3) is 0.115. The van der Waals surface area contributed by atoms with E-state index in [-0.39, 0.29) is 27.8 Å². The average Bonchev–Trinajstić information content (AvgIpc) is 3.09. The van der Waals surface area contributed by atoms with Crippen molar-refractivity contribution in [1.29, 1.82) is 0 Å². The molecule has 0 N–H and O–H groups in total. The lowest BCUT2D eigenvalue weighted by atomic mass is 10.1. The number of aryl methyl sites for hydroxylation is 1. The van der Waals surface area contributed by atoms with Crippen molar-refractivity contribution in [3.63, 3.8) is 0 Å². The predicted octanol–water partition coefficient (Wildman–Crippen LogP) is 6.25. The van der Waals surface area contributed by atoms with E-state index >= 15 is 0 Å². The number of benzene rings is 3. The highest BCUT2D eigenvalue weighted by Gasteiger charge is 2.36. The third kappa shape index (κ3) is 5.39. The molecule has 6 nitrogen and oxygen atoms in total. The van der Waals surface area contributed by atoms with Crippen LogP contribution in [0.1, 0.15) is 27.0 Å². The quantitative estimate of drug-likeness (QED) is 0.221. The maximum absolute atomic E-state index is 14.2. The minimum Gasteiger partial charge on any atom is -0.493 e. The van der Waals surface area contributed by atoms with Gasteiger partial charge in [0.15, 0.2) is 11.5 Å². The Labute approximate surface area is 210 Å². The molecule has 0 bridgehead atoms. The summed E-state index contributed by atoms with van der Waals surface area (Å²) >= 11 is 6.77. The fourth-order valence-electron chi connectivity index (χ4n) is 3.34. The van der Waals surface area contributed by atoms with Crippen LogP contribution in [0.5, 0.6) is 11.5 Å². The zero-order chi connectivity index (χ0) is 25.1. The molecule has 35 heavy (non-hydrogen) atoms. The van der Waals surface area contributed by atoms with Crippen LogP contribution in [0, 0.1) is 12.7 Å². The van der Waals surface area contributed by atoms with Crippen molar-refractivity contribution in [1.82, 2.24) is 4.90 Å². The largest absolute Gasteiger partial charge is 0.493 e. The van der Waals surface area contributed by atoms with Crippen LogP contribution < -0.4 is 9.47 Å². The number of halogens is 2. The SMILES string of the molecule is COc1ccc(/C=C2\SC(=O)N(Cc3c(F)cccc3Cl)C2=O)cc1OC(=O)c1ccc(C)cc1. The van der Waals surface area contributed by atoms with Crippen LogP contribution in [0.4, 0.5) is 9.18 Å². The maximum atomic E-state index is 14.2. The standard InChI is InChI=1S/C26H19ClFNO5S/c1-15-6-9-17(10-7-15)25(31)34-22-12-16(8-11-21(22)33-2)13-23-24(30)29(26(32)35-23)14-18-19(27)4-3-5-20(18)28/h3-13H,14H2,1-2H3/b23-13-. The topological polar surface area (TPSA) is 72.9 Å². The number of ether oxygens (including phenoxy) is 2. The molecular weight excluding hydrogens is 493 g/mol. The van der Waals surface area contributed by atoms with Crippen LogP contribution in [0.15, 0.2) is 65.6 Å². The third-order valence-corrected chi connectivity index (χ3v) is 6.49. The first-order chi connectivity index (χ1) is 16.8. The molecule has 2 amide bonds. The number of thioether (sulfide) groups is 1. The van der Waals surface area contributed by atoms with Crippen molar-refractivity contribution < 1.29 is 28.2 Å². The Morgan fingerprint density at radius 1 is 1.09 bits per heavy atom. The van der Waals surface area contributed by atoms with Gasteiger partial charge in [-0.1, -0.05) is 41.4 Å². The highest BCUT2D eigenvalue weighted by molar-refractivity contribution is 8.18. The second-order valence-corrected chi connectivity index (χ2v) is 9.03. The van der Waals surface area contributed by atoms with E-state index in [0.717, 1.165) is 22.2 Å². The van der Waals surface area contributed by atoms with Crippen molar-refractivity contribution >= 4 is 46.6 Å². The Morgan fingerprint density at radius 3 is 2.51 bits per heavy atom. The predicted molar refractivity (Wildman–Crippen MR) is 132 cm³/mol. The minimum absolute atomic E-state index is 0.0625. The molecule has 1 fully saturated rings. The van der Waals surface area contributed by atoms with Gasteiger partial charge in [0.2, 0.25) is 0 Å². The molecular formula is C26H19ClFNO5S. The molecule has 0 spiro atoms. The number of esters is 1. The smallest absolute Gasteiger partial charge is 0.343 e. The molecule has 3 aromatic rings. The van der Waals surface area contributed by atoms with Crippen LogP contribution in [-0.2, 0) is 11.3 Å². The molecule has 0 saturated carbocycles. The molecule has 4 rings (SSSR count). The number of hydrogen-bond acceptors (Lipinski definition) is 6. The van der Waals surface area contributed by atoms with Crippen molar-refractivity contribution in [3.05, 3.63) is 98.7 Å². The molecule has 0 atom stereocenters. The first-order valence-electron chi connectivity index (χ1n) is 10.4. The summed E-state index contributed by atoms with van der Waals surface area (Å²) in [5, 5.41) is -0.414. The number of amides is 2. The fourth-order valence-corrected chi connectivity index (χ4v) is 4.40. The molecule has 3 aromatic carbocycles. The number of imide groups is 1. The molecule has 1 saturated heterocycles. The van der Waals surface area contributed by atoms with Gasteiger partial charge in [-0.3, -0.25) is 14.5 Å². The molecule has 0 aliphatic carbocycles. The summed E-state index contributed by atoms with van der Waals surface area (Å²) in [7, 11) is 1.44. The van der Waals surface area contributed by atoms with Gasteiger partial charge in [-0.25, -0.2) is 9.18 Å². The molecule has 0 aromatic heterocycles. The lowest BCUT2D eigenvalue weighted by molar-refractivity contribution is -0.123. The van der Waals surface area contributed by atoms with E-state index in [0.29, 0.717) is 16.9 Å². The van der Waals surface area contributed by atoms with E-state index < -0.39 is 22.9 Å². The number of carbonyl (C=O) groups excluding carboxylic acids is 3. The Morgan fingerprint density at radius 2 is 1.83 bits per heavy atom. The summed E-state index contributed by atoms with van der Waals surface area (Å²) < 4.78 is 25.0. The van der Waals surface area contributed by atoms with Crippen molar-refractivity contribution in [2.24, 2.45) is 0 Å². The number of methoxy groups -OCH3 is 1. The Balaban J connectivity index is 1.57. The zero-order valence-electron chi connectivity index (χ0n) is 18.7. The summed E-state index contributed by atoms with van der Waals surface area (Å²) in [4.78, 5) is 39.0. The van der Waals surface area contributed by atoms with Gasteiger partial charge in [-0.2, -0.15) is 0 Å². The van der Waals surface area contributed by atoms with E-state index in [2.05, 4.69) is 0 Å². The molecule has 1 heterocycles. The monoisotopic (exact) mass is 511 g/mol. The molecule has 1 aliphatic rings. The average molecular weight is 512 g/mol. The maximum Gasteiger partial charge on any atom is 0.343 e. The molecule has 0 unspecified atom stereocenters. The van der Waals surface area contributed by atoms with Crippen molar-refractivity contribution in [3.8, 4) is 11.5 Å². The van der Waals surface area contributed by atoms with Crippen molar-refractivity contribution in [2.45, 2.75) is 13.5 Å². The normalized spacial score (nSPS) is 14.5. The molecule has 178 valence electrons. The van der Waals surface area contributed by atoms with Gasteiger partial charge in [0.1, 0.15) is 5.82 Å². The van der Waals surface area contributed by atoms with Gasteiger partial charge in [-0.15, -0.1) is 0 Å². The highest BCUT2D eigenvalue weighted by atomic mass is 35.5. The van der Waals surface area contributed by atoms with Gasteiger partial charge in [-0.05, 0) is 66.7 Å². The van der Waals surface area contributed by atoms with Crippen LogP contribution in [0.3, 0.4) is 0 Å². The van der Waals surface area contributed by atoms with E-state index in [4.69, 9.17) is 21.1 Å². The van der Waals surface area contributed by atoms with Gasteiger partial charge in [0.25, 0.3) is 11.1 Å². The highest BCUT2D eigenvalue weighted by Crippen LogP contribution is 2.36. The number of rotatable bonds is 6. The second kappa shape index (κ2) is 10.3. The Bertz CT molecular complexity index is 1340. The molecule has 1 aliphatic heterocycles. The van der Waals surface area contributed by atoms with Crippen molar-refractivity contribution in [2.75, 3.05) is 7.11 Å². The molecule has 0 radical (unpaired) electrons. The van der Waals surface area contributed by atoms with E-state index in [1.807, 2.05) is 6.92 Å². The van der Waals surface area contributed by atoms with E-state index in [9.17, 15) is 18.8 Å². The van der Waals surface area contributed by atoms with Gasteiger partial charge in [0.05, 0.1) is 24.1 Å². The molecule has 9 heteroatoms. The van der Waals surface area contributed by atoms with Crippen LogP contribution >= 0.6 is 23.4 Å². The number of nitrogens with zero attached hydrogens (tertiary/aromatic N) is 1. The Kier molecular flexibility index (Phi) is 7.23. The van der Waals surface area contributed by atoms with Gasteiger partial charge < -0.3 is 9.47 Å². The number of carbonyl (C=O) groups is 3. The van der Waals surface area contributed by atoms with Crippen LogP contribution in [0.2, 0.25) is 5.02 Å². The second-order valence-electron chi connectivity index (χ2n) is 7.63. The summed E-state index contributed by atoms with van der Waals surface area (Å²) in [6, 6.07) is 15.9. The number of hydrogen-bond donors (Lipinski definition) is 0. The lowest BCUT2D eigenvalue weighted by Gasteiger charge is -2.14. The summed E-state index contributed by atoms with van der Waals surface area (Å²) in [5.74, 6) is -1.26. The zero-order valence-corrected chi connectivity index (χ0v) is 20.3. The van der Waals surface area contributed by atoms with Gasteiger partial charge >= 0.3 is 5.97 Å². The first-order valence-corrected chi connectivity index (χ1v) is 11.6. The summed E-state index contributed by atoms with van der Waals surface area (Å²) in [6.07, 6.45) is 1.50.